The highest BCUT2D eigenvalue weighted by atomic mass is 32.7. The third-order valence-electron chi connectivity index (χ3n) is 2.45. The lowest BCUT2D eigenvalue weighted by atomic mass is 10.1. The predicted molar refractivity (Wildman–Crippen MR) is 85.3 cm³/mol. The van der Waals surface area contributed by atoms with E-state index < -0.39 is 11.5 Å². The number of carbonyl (C=O) groups is 1. The van der Waals surface area contributed by atoms with E-state index in [4.69, 9.17) is 13.5 Å². The molecule has 5 nitrogen and oxygen atoms in total. The van der Waals surface area contributed by atoms with Crippen molar-refractivity contribution < 1.29 is 22.8 Å². The highest BCUT2D eigenvalue weighted by molar-refractivity contribution is 8.56. The quantitative estimate of drug-likeness (QED) is 0.488. The van der Waals surface area contributed by atoms with Crippen molar-refractivity contribution in [1.82, 2.24) is 0 Å². The lowest BCUT2D eigenvalue weighted by Gasteiger charge is -2.25. The zero-order valence-corrected chi connectivity index (χ0v) is 14.4. The van der Waals surface area contributed by atoms with Crippen molar-refractivity contribution >= 4 is 30.0 Å². The summed E-state index contributed by atoms with van der Waals surface area (Å²) in [5, 5.41) is 0. The van der Waals surface area contributed by atoms with Gasteiger partial charge < -0.3 is 13.5 Å². The van der Waals surface area contributed by atoms with Crippen molar-refractivity contribution in [3.05, 3.63) is 30.2 Å². The molecule has 118 valence electrons. The highest BCUT2D eigenvalue weighted by Crippen LogP contribution is 2.65. The summed E-state index contributed by atoms with van der Waals surface area (Å²) in [4.78, 5) is 12.3. The van der Waals surface area contributed by atoms with E-state index in [9.17, 15) is 9.36 Å². The zero-order valence-electron chi connectivity index (χ0n) is 12.7. The molecule has 0 N–H and O–H groups in total. The van der Waals surface area contributed by atoms with Crippen molar-refractivity contribution in [2.45, 2.75) is 32.4 Å². The van der Waals surface area contributed by atoms with Gasteiger partial charge in [0, 0.05) is 0 Å². The number of ketones is 1. The molecule has 21 heavy (non-hydrogen) atoms. The van der Waals surface area contributed by atoms with Gasteiger partial charge >= 0.3 is 6.80 Å². The molecule has 0 aromatic carbocycles. The van der Waals surface area contributed by atoms with E-state index in [1.807, 2.05) is 0 Å². The maximum absolute atomic E-state index is 12.5. The molecule has 0 fully saturated rings. The summed E-state index contributed by atoms with van der Waals surface area (Å²) < 4.78 is 27.1. The monoisotopic (exact) mass is 332 g/mol. The molecule has 0 aliphatic carbocycles. The predicted octanol–water partition coefficient (Wildman–Crippen LogP) is 4.55. The lowest BCUT2D eigenvalue weighted by molar-refractivity contribution is -0.116. The summed E-state index contributed by atoms with van der Waals surface area (Å²) in [5.41, 5.74) is 0. The molecule has 0 bridgehead atoms. The van der Waals surface area contributed by atoms with Crippen LogP contribution >= 0.6 is 18.2 Å². The highest BCUT2D eigenvalue weighted by Gasteiger charge is 2.38. The van der Waals surface area contributed by atoms with Crippen LogP contribution < -0.4 is 0 Å². The van der Waals surface area contributed by atoms with Gasteiger partial charge in [0.25, 0.3) is 0 Å². The Balaban J connectivity index is 2.78. The molecule has 0 unspecified atom stereocenters. The van der Waals surface area contributed by atoms with E-state index in [2.05, 4.69) is 0 Å². The molecule has 1 aromatic rings. The number of allylic oxidation sites excluding steroid dienone is 1. The van der Waals surface area contributed by atoms with Gasteiger partial charge in [0.1, 0.15) is 5.76 Å². The van der Waals surface area contributed by atoms with Gasteiger partial charge in [-0.25, -0.2) is 4.57 Å². The number of hydrogen-bond acceptors (Lipinski definition) is 6. The lowest BCUT2D eigenvalue weighted by Crippen LogP contribution is -2.26. The second-order valence-electron chi connectivity index (χ2n) is 4.60. The maximum atomic E-state index is 12.5. The smallest absolute Gasteiger partial charge is 0.390 e. The van der Waals surface area contributed by atoms with E-state index in [1.165, 1.54) is 12.3 Å². The molecule has 0 aliphatic heterocycles. The third kappa shape index (κ3) is 5.83. The summed E-state index contributed by atoms with van der Waals surface area (Å²) in [6, 6.07) is 3.48. The number of rotatable bonds is 9. The van der Waals surface area contributed by atoms with Gasteiger partial charge in [-0.05, 0) is 63.4 Å². The third-order valence-corrected chi connectivity index (χ3v) is 7.15. The first-order valence-electron chi connectivity index (χ1n) is 6.69. The number of carbonyl (C=O) groups excluding carboxylic acids is 1. The Morgan fingerprint density at radius 1 is 1.38 bits per heavy atom. The Kier molecular flexibility index (Phi) is 6.94. The van der Waals surface area contributed by atoms with Crippen LogP contribution in [0.1, 0.15) is 33.5 Å². The minimum Gasteiger partial charge on any atom is -0.465 e. The minimum atomic E-state index is -3.34. The largest absolute Gasteiger partial charge is 0.465 e. The van der Waals surface area contributed by atoms with E-state index in [-0.39, 0.29) is 19.0 Å². The minimum absolute atomic E-state index is 0.191. The molecule has 1 heterocycles. The standard InChI is InChI=1S/C14H21O5PS/c1-5-18-20(16,19-6-2)21-14(3,4)13(15)10-9-12-8-7-11-17-12/h7-11H,5-6H2,1-4H3/b10-9+. The van der Waals surface area contributed by atoms with E-state index in [0.717, 1.165) is 11.4 Å². The average Bonchev–Trinajstić information content (AvgIpc) is 2.88. The van der Waals surface area contributed by atoms with Crippen LogP contribution in [-0.4, -0.2) is 23.7 Å². The van der Waals surface area contributed by atoms with Crippen LogP contribution in [0.2, 0.25) is 0 Å². The first-order valence-corrected chi connectivity index (χ1v) is 9.65. The second-order valence-corrected chi connectivity index (χ2v) is 9.10. The van der Waals surface area contributed by atoms with Gasteiger partial charge in [-0.15, -0.1) is 0 Å². The van der Waals surface area contributed by atoms with Crippen LogP contribution in [-0.2, 0) is 18.4 Å². The molecule has 0 aliphatic rings. The van der Waals surface area contributed by atoms with Crippen molar-refractivity contribution in [1.29, 1.82) is 0 Å². The van der Waals surface area contributed by atoms with Crippen LogP contribution in [0.15, 0.2) is 28.9 Å². The van der Waals surface area contributed by atoms with Crippen molar-refractivity contribution in [2.24, 2.45) is 0 Å². The fourth-order valence-electron chi connectivity index (χ4n) is 1.48. The summed E-state index contributed by atoms with van der Waals surface area (Å²) >= 11 is 0.923. The van der Waals surface area contributed by atoms with Gasteiger partial charge in [0.15, 0.2) is 5.78 Å². The molecule has 7 heteroatoms. The maximum Gasteiger partial charge on any atom is 0.390 e. The van der Waals surface area contributed by atoms with E-state index >= 15 is 0 Å². The molecule has 1 aromatic heterocycles. The Morgan fingerprint density at radius 2 is 2.00 bits per heavy atom. The zero-order chi connectivity index (χ0) is 15.9. The fourth-order valence-corrected chi connectivity index (χ4v) is 5.90. The topological polar surface area (TPSA) is 65.7 Å². The summed E-state index contributed by atoms with van der Waals surface area (Å²) in [6.07, 6.45) is 4.52. The van der Waals surface area contributed by atoms with Crippen LogP contribution in [0.5, 0.6) is 0 Å². The molecule has 0 amide bonds. The van der Waals surface area contributed by atoms with Crippen molar-refractivity contribution in [2.75, 3.05) is 13.2 Å². The SMILES string of the molecule is CCOP(=O)(OCC)SC(C)(C)C(=O)/C=C/c1ccco1. The fraction of sp³-hybridized carbons (Fsp3) is 0.500. The van der Waals surface area contributed by atoms with Gasteiger partial charge in [-0.3, -0.25) is 4.79 Å². The molecule has 0 atom stereocenters. The summed E-state index contributed by atoms with van der Waals surface area (Å²) in [5.74, 6) is 0.394. The normalized spacial score (nSPS) is 13.0. The molecule has 0 radical (unpaired) electrons. The Bertz CT molecular complexity index is 511. The average molecular weight is 332 g/mol. The van der Waals surface area contributed by atoms with E-state index in [0.29, 0.717) is 5.76 Å². The van der Waals surface area contributed by atoms with Crippen LogP contribution in [0, 0.1) is 0 Å². The first kappa shape index (κ1) is 18.2. The van der Waals surface area contributed by atoms with Gasteiger partial charge in [0.2, 0.25) is 0 Å². The first-order chi connectivity index (χ1) is 9.83. The van der Waals surface area contributed by atoms with E-state index in [1.54, 1.807) is 45.9 Å². The summed E-state index contributed by atoms with van der Waals surface area (Å²) in [6.45, 7) is 4.03. The molecule has 0 spiro atoms. The van der Waals surface area contributed by atoms with Crippen molar-refractivity contribution in [3.8, 4) is 0 Å². The Morgan fingerprint density at radius 3 is 2.48 bits per heavy atom. The Hall–Kier alpha value is -0.810. The second kappa shape index (κ2) is 7.99. The summed E-state index contributed by atoms with van der Waals surface area (Å²) in [7, 11) is 0. The van der Waals surface area contributed by atoms with Gasteiger partial charge in [-0.1, -0.05) is 0 Å². The van der Waals surface area contributed by atoms with Crippen LogP contribution in [0.4, 0.5) is 0 Å². The van der Waals surface area contributed by atoms with Gasteiger partial charge in [0.05, 0.1) is 24.2 Å². The van der Waals surface area contributed by atoms with Crippen molar-refractivity contribution in [3.63, 3.8) is 0 Å². The molecule has 1 rings (SSSR count). The molecular formula is C14H21O5PS. The van der Waals surface area contributed by atoms with Crippen LogP contribution in [0.3, 0.4) is 0 Å². The Labute approximate surface area is 129 Å². The number of hydrogen-bond donors (Lipinski definition) is 0. The van der Waals surface area contributed by atoms with Gasteiger partial charge in [-0.2, -0.15) is 0 Å². The molecular weight excluding hydrogens is 311 g/mol. The number of furan rings is 1. The molecule has 0 saturated carbocycles. The van der Waals surface area contributed by atoms with Crippen LogP contribution in [0.25, 0.3) is 6.08 Å². The molecule has 0 saturated heterocycles.